The van der Waals surface area contributed by atoms with E-state index in [1.165, 1.54) is 31.7 Å². The van der Waals surface area contributed by atoms with Crippen LogP contribution in [0.15, 0.2) is 49.2 Å². The number of carbonyl (C=O) groups excluding carboxylic acids is 1. The fourth-order valence-corrected chi connectivity index (χ4v) is 5.47. The average Bonchev–Trinajstić information content (AvgIpc) is 3.04. The summed E-state index contributed by atoms with van der Waals surface area (Å²) >= 11 is 0. The van der Waals surface area contributed by atoms with Gasteiger partial charge in [-0.25, -0.2) is 33.1 Å². The van der Waals surface area contributed by atoms with Gasteiger partial charge >= 0.3 is 0 Å². The van der Waals surface area contributed by atoms with Gasteiger partial charge < -0.3 is 16.0 Å². The summed E-state index contributed by atoms with van der Waals surface area (Å²) in [5, 5.41) is 9.45. The number of hydrogen-bond acceptors (Lipinski definition) is 9. The number of amides is 1. The highest BCUT2D eigenvalue weighted by atomic mass is 19.3. The van der Waals surface area contributed by atoms with Gasteiger partial charge in [0, 0.05) is 68.3 Å². The molecule has 2 atom stereocenters. The number of benzene rings is 1. The number of likely N-dealkylation sites (tertiary alicyclic amines) is 1. The van der Waals surface area contributed by atoms with Crippen LogP contribution in [0.1, 0.15) is 48.5 Å². The Labute approximate surface area is 253 Å². The Balaban J connectivity index is 1.20. The second-order valence-electron chi connectivity index (χ2n) is 11.1. The molecule has 3 aromatic heterocycles. The third-order valence-corrected chi connectivity index (χ3v) is 8.23. The average molecular weight is 608 g/mol. The highest BCUT2D eigenvalue weighted by Crippen LogP contribution is 2.32. The smallest absolute Gasteiger partial charge is 0.251 e. The van der Waals surface area contributed by atoms with Crippen molar-refractivity contribution in [2.45, 2.75) is 45.1 Å². The van der Waals surface area contributed by atoms with Crippen LogP contribution in [-0.4, -0.2) is 81.4 Å². The van der Waals surface area contributed by atoms with Crippen LogP contribution in [0.3, 0.4) is 0 Å². The van der Waals surface area contributed by atoms with E-state index in [1.807, 2.05) is 6.07 Å². The van der Waals surface area contributed by atoms with Crippen molar-refractivity contribution in [2.24, 2.45) is 5.92 Å². The summed E-state index contributed by atoms with van der Waals surface area (Å²) in [6.45, 7) is 5.75. The highest BCUT2D eigenvalue weighted by Gasteiger charge is 2.23. The maximum Gasteiger partial charge on any atom is 0.251 e. The number of anilines is 2. The Morgan fingerprint density at radius 3 is 2.50 bits per heavy atom. The lowest BCUT2D eigenvalue weighted by Gasteiger charge is -2.31. The topological polar surface area (TPSA) is 121 Å². The highest BCUT2D eigenvalue weighted by molar-refractivity contribution is 6.06. The molecule has 1 aliphatic rings. The molecule has 0 saturated carbocycles. The molecular formula is C31H36F3N9O. The molecule has 0 radical (unpaired) electrons. The third-order valence-electron chi connectivity index (χ3n) is 8.23. The Morgan fingerprint density at radius 1 is 1.05 bits per heavy atom. The van der Waals surface area contributed by atoms with Crippen LogP contribution in [0.4, 0.5) is 24.9 Å². The molecule has 10 nitrogen and oxygen atoms in total. The lowest BCUT2D eigenvalue weighted by atomic mass is 9.86. The van der Waals surface area contributed by atoms with Crippen molar-refractivity contribution in [1.82, 2.24) is 35.1 Å². The summed E-state index contributed by atoms with van der Waals surface area (Å²) < 4.78 is 40.1. The van der Waals surface area contributed by atoms with Crippen molar-refractivity contribution in [3.05, 3.63) is 66.1 Å². The van der Waals surface area contributed by atoms with Crippen molar-refractivity contribution in [2.75, 3.05) is 43.9 Å². The molecule has 1 unspecified atom stereocenters. The first-order valence-corrected chi connectivity index (χ1v) is 14.7. The van der Waals surface area contributed by atoms with Gasteiger partial charge in [-0.15, -0.1) is 0 Å². The number of pyridine rings is 1. The molecule has 1 amide bonds. The lowest BCUT2D eigenvalue weighted by molar-refractivity contribution is 0.0769. The number of alkyl halides is 2. The number of fused-ring (bicyclic) bond motifs is 1. The van der Waals surface area contributed by atoms with Gasteiger partial charge in [-0.2, -0.15) is 0 Å². The number of hydrogen-bond donors (Lipinski definition) is 3. The molecule has 4 aromatic rings. The van der Waals surface area contributed by atoms with Gasteiger partial charge in [0.2, 0.25) is 5.95 Å². The minimum atomic E-state index is -2.31. The summed E-state index contributed by atoms with van der Waals surface area (Å²) in [7, 11) is 1.51. The van der Waals surface area contributed by atoms with Gasteiger partial charge in [0.05, 0.1) is 23.3 Å². The molecule has 44 heavy (non-hydrogen) atoms. The molecule has 1 aromatic carbocycles. The Morgan fingerprint density at radius 2 is 1.80 bits per heavy atom. The van der Waals surface area contributed by atoms with Gasteiger partial charge in [0.25, 0.3) is 12.3 Å². The molecule has 0 spiro atoms. The van der Waals surface area contributed by atoms with Gasteiger partial charge in [0.15, 0.2) is 0 Å². The second kappa shape index (κ2) is 13.9. The van der Waals surface area contributed by atoms with Crippen LogP contribution >= 0.6 is 0 Å². The number of rotatable bonds is 11. The quantitative estimate of drug-likeness (QED) is 0.217. The lowest BCUT2D eigenvalue weighted by Crippen LogP contribution is -2.41. The predicted octanol–water partition coefficient (Wildman–Crippen LogP) is 4.97. The molecule has 4 heterocycles. The summed E-state index contributed by atoms with van der Waals surface area (Å²) in [4.78, 5) is 36.2. The van der Waals surface area contributed by atoms with Gasteiger partial charge in [0.1, 0.15) is 18.0 Å². The van der Waals surface area contributed by atoms with E-state index in [1.54, 1.807) is 23.4 Å². The van der Waals surface area contributed by atoms with Crippen molar-refractivity contribution in [3.63, 3.8) is 0 Å². The Bertz CT molecular complexity index is 1580. The number of piperidine rings is 1. The summed E-state index contributed by atoms with van der Waals surface area (Å²) in [6.07, 6.45) is 5.58. The largest absolute Gasteiger partial charge is 0.370 e. The standard InChI is InChI=1S/C31H36F3N9O/c1-18(19(2)22-4-5-24(32)28-23(30(44)35-3)6-9-36-29(22)28)13-37-27-12-25(40-17-41-27)20-14-38-31(39-15-20)42-21-7-10-43(11-8-21)16-26(33)34/h4-6,9,12,14-15,17-19,21,26H,7-8,10-11,13,16H2,1-3H3,(H,35,44)(H,37,40,41)(H,38,39,42)/t18-,19?/m1/s1. The molecule has 1 saturated heterocycles. The number of halogens is 3. The molecule has 13 heteroatoms. The van der Waals surface area contributed by atoms with Gasteiger partial charge in [-0.3, -0.25) is 14.7 Å². The minimum absolute atomic E-state index is 0.00988. The fourth-order valence-electron chi connectivity index (χ4n) is 5.47. The van der Waals surface area contributed by atoms with E-state index in [4.69, 9.17) is 0 Å². The number of nitrogens with zero attached hydrogens (tertiary/aromatic N) is 6. The van der Waals surface area contributed by atoms with Crippen molar-refractivity contribution >= 4 is 28.6 Å². The molecule has 0 bridgehead atoms. The fraction of sp³-hybridized carbons (Fsp3) is 0.419. The van der Waals surface area contributed by atoms with Crippen LogP contribution in [0.5, 0.6) is 0 Å². The van der Waals surface area contributed by atoms with E-state index in [9.17, 15) is 18.0 Å². The molecule has 3 N–H and O–H groups in total. The van der Waals surface area contributed by atoms with E-state index in [0.29, 0.717) is 42.6 Å². The normalized spacial score (nSPS) is 15.7. The SMILES string of the molecule is CNC(=O)c1ccnc2c(C(C)[C@H](C)CNc3cc(-c4cnc(NC5CCN(CC(F)F)CC5)nc4)ncn3)ccc(F)c12. The molecule has 1 aliphatic heterocycles. The van der Waals surface area contributed by atoms with Gasteiger partial charge in [-0.05, 0) is 42.4 Å². The number of aromatic nitrogens is 5. The van der Waals surface area contributed by atoms with Crippen LogP contribution < -0.4 is 16.0 Å². The Kier molecular flexibility index (Phi) is 9.83. The number of nitrogens with one attached hydrogen (secondary N) is 3. The first-order chi connectivity index (χ1) is 21.2. The van der Waals surface area contributed by atoms with E-state index in [2.05, 4.69) is 54.7 Å². The first-order valence-electron chi connectivity index (χ1n) is 14.7. The zero-order chi connectivity index (χ0) is 31.2. The van der Waals surface area contributed by atoms with E-state index in [0.717, 1.165) is 24.0 Å². The minimum Gasteiger partial charge on any atom is -0.370 e. The molecule has 0 aliphatic carbocycles. The zero-order valence-electron chi connectivity index (χ0n) is 24.9. The first kappa shape index (κ1) is 31.0. The maximum atomic E-state index is 14.8. The van der Waals surface area contributed by atoms with Crippen molar-refractivity contribution in [3.8, 4) is 11.3 Å². The molecule has 232 valence electrons. The van der Waals surface area contributed by atoms with Crippen molar-refractivity contribution in [1.29, 1.82) is 0 Å². The zero-order valence-corrected chi connectivity index (χ0v) is 24.9. The van der Waals surface area contributed by atoms with E-state index < -0.39 is 12.2 Å². The van der Waals surface area contributed by atoms with Crippen LogP contribution in [0.25, 0.3) is 22.2 Å². The molecular weight excluding hydrogens is 571 g/mol. The van der Waals surface area contributed by atoms with E-state index in [-0.39, 0.29) is 41.3 Å². The monoisotopic (exact) mass is 607 g/mol. The van der Waals surface area contributed by atoms with Crippen molar-refractivity contribution < 1.29 is 18.0 Å². The van der Waals surface area contributed by atoms with Crippen LogP contribution in [0, 0.1) is 11.7 Å². The van der Waals surface area contributed by atoms with Crippen LogP contribution in [0.2, 0.25) is 0 Å². The maximum absolute atomic E-state index is 14.8. The predicted molar refractivity (Wildman–Crippen MR) is 163 cm³/mol. The summed E-state index contributed by atoms with van der Waals surface area (Å²) in [6, 6.07) is 6.61. The number of carbonyl (C=O) groups is 1. The summed E-state index contributed by atoms with van der Waals surface area (Å²) in [5.74, 6) is 0.366. The third kappa shape index (κ3) is 7.21. The molecule has 5 rings (SSSR count). The summed E-state index contributed by atoms with van der Waals surface area (Å²) in [5.41, 5.74) is 2.97. The molecule has 1 fully saturated rings. The second-order valence-corrected chi connectivity index (χ2v) is 11.1. The van der Waals surface area contributed by atoms with E-state index >= 15 is 0 Å². The van der Waals surface area contributed by atoms with Gasteiger partial charge in [-0.1, -0.05) is 19.9 Å². The van der Waals surface area contributed by atoms with Crippen LogP contribution in [-0.2, 0) is 0 Å². The Hall–Kier alpha value is -4.39.